The normalized spacial score (nSPS) is 18.7. The summed E-state index contributed by atoms with van der Waals surface area (Å²) in [5, 5.41) is 0.425. The Bertz CT molecular complexity index is 475. The van der Waals surface area contributed by atoms with E-state index in [-0.39, 0.29) is 25.8 Å². The highest BCUT2D eigenvalue weighted by molar-refractivity contribution is 6.13. The maximum Gasteiger partial charge on any atom is 0.335 e. The molecule has 0 aromatic rings. The van der Waals surface area contributed by atoms with Gasteiger partial charge in [0.2, 0.25) is 0 Å². The summed E-state index contributed by atoms with van der Waals surface area (Å²) in [6.45, 7) is -0.153. The first-order valence-corrected chi connectivity index (χ1v) is 5.59. The molecule has 19 heavy (non-hydrogen) atoms. The zero-order chi connectivity index (χ0) is 14.0. The van der Waals surface area contributed by atoms with Gasteiger partial charge in [-0.25, -0.2) is 4.79 Å². The summed E-state index contributed by atoms with van der Waals surface area (Å²) in [4.78, 5) is 61.6. The Balaban J connectivity index is 1.82. The maximum atomic E-state index is 11.4. The Morgan fingerprint density at radius 2 is 1.68 bits per heavy atom. The van der Waals surface area contributed by atoms with Crippen LogP contribution in [0, 0.1) is 0 Å². The summed E-state index contributed by atoms with van der Waals surface area (Å²) in [5.74, 6) is -3.02. The van der Waals surface area contributed by atoms with E-state index in [2.05, 4.69) is 4.84 Å². The third-order valence-electron chi connectivity index (χ3n) is 2.64. The quantitative estimate of drug-likeness (QED) is 0.601. The molecule has 8 nitrogen and oxygen atoms in total. The van der Waals surface area contributed by atoms with Gasteiger partial charge in [0.25, 0.3) is 23.6 Å². The third-order valence-corrected chi connectivity index (χ3v) is 2.64. The first kappa shape index (κ1) is 12.9. The van der Waals surface area contributed by atoms with Gasteiger partial charge in [0.1, 0.15) is 0 Å². The molecule has 2 aliphatic heterocycles. The zero-order valence-corrected chi connectivity index (χ0v) is 9.83. The molecule has 0 aliphatic carbocycles. The zero-order valence-electron chi connectivity index (χ0n) is 9.83. The molecule has 2 rings (SSSR count). The van der Waals surface area contributed by atoms with Crippen molar-refractivity contribution in [3.63, 3.8) is 0 Å². The highest BCUT2D eigenvalue weighted by Gasteiger charge is 2.33. The smallest absolute Gasteiger partial charge is 0.330 e. The number of amides is 4. The van der Waals surface area contributed by atoms with E-state index in [9.17, 15) is 24.0 Å². The molecule has 0 spiro atoms. The van der Waals surface area contributed by atoms with Gasteiger partial charge < -0.3 is 4.84 Å². The minimum absolute atomic E-state index is 0.0130. The molecule has 0 atom stereocenters. The van der Waals surface area contributed by atoms with E-state index in [4.69, 9.17) is 0 Å². The number of hydrogen-bond acceptors (Lipinski definition) is 6. The van der Waals surface area contributed by atoms with Gasteiger partial charge in [-0.15, -0.1) is 5.06 Å². The molecule has 0 saturated carbocycles. The van der Waals surface area contributed by atoms with Crippen molar-refractivity contribution in [3.8, 4) is 0 Å². The molecule has 2 heterocycles. The second kappa shape index (κ2) is 5.01. The Morgan fingerprint density at radius 3 is 2.21 bits per heavy atom. The lowest BCUT2D eigenvalue weighted by Gasteiger charge is -2.15. The fraction of sp³-hybridized carbons (Fsp3) is 0.364. The van der Waals surface area contributed by atoms with E-state index in [1.165, 1.54) is 0 Å². The molecule has 1 saturated heterocycles. The van der Waals surface area contributed by atoms with Crippen LogP contribution >= 0.6 is 0 Å². The predicted molar refractivity (Wildman–Crippen MR) is 57.7 cm³/mol. The van der Waals surface area contributed by atoms with Crippen molar-refractivity contribution in [1.82, 2.24) is 9.96 Å². The molecular formula is C11H10N2O6. The van der Waals surface area contributed by atoms with Gasteiger partial charge in [-0.3, -0.25) is 24.1 Å². The molecule has 0 radical (unpaired) electrons. The monoisotopic (exact) mass is 270 g/mol. The van der Waals surface area contributed by atoms with Crippen LogP contribution in [0.1, 0.15) is 19.3 Å². The van der Waals surface area contributed by atoms with Crippen LogP contribution in [0.2, 0.25) is 0 Å². The maximum absolute atomic E-state index is 11.4. The predicted octanol–water partition coefficient (Wildman–Crippen LogP) is -1.09. The topological polar surface area (TPSA) is 101 Å². The van der Waals surface area contributed by atoms with Crippen LogP contribution in [0.25, 0.3) is 0 Å². The Hall–Kier alpha value is -2.51. The Morgan fingerprint density at radius 1 is 1.16 bits per heavy atom. The van der Waals surface area contributed by atoms with Crippen LogP contribution in [-0.4, -0.2) is 46.1 Å². The number of hydrogen-bond donors (Lipinski definition) is 0. The molecule has 100 valence electrons. The summed E-state index contributed by atoms with van der Waals surface area (Å²) in [6.07, 6.45) is 1.94. The lowest BCUT2D eigenvalue weighted by atomic mass is 10.4. The van der Waals surface area contributed by atoms with Gasteiger partial charge in [0.15, 0.2) is 0 Å². The van der Waals surface area contributed by atoms with E-state index in [0.29, 0.717) is 5.06 Å². The molecule has 2 aliphatic rings. The minimum Gasteiger partial charge on any atom is -0.330 e. The number of hydroxylamine groups is 2. The van der Waals surface area contributed by atoms with Crippen molar-refractivity contribution in [2.45, 2.75) is 19.3 Å². The molecule has 4 amide bonds. The van der Waals surface area contributed by atoms with Crippen molar-refractivity contribution in [2.75, 3.05) is 6.54 Å². The molecule has 1 fully saturated rings. The molecule has 8 heteroatoms. The van der Waals surface area contributed by atoms with Gasteiger partial charge in [0.05, 0.1) is 6.42 Å². The highest BCUT2D eigenvalue weighted by atomic mass is 16.7. The van der Waals surface area contributed by atoms with Crippen molar-refractivity contribution in [1.29, 1.82) is 0 Å². The first-order valence-electron chi connectivity index (χ1n) is 5.59. The molecule has 0 unspecified atom stereocenters. The van der Waals surface area contributed by atoms with Crippen molar-refractivity contribution < 1.29 is 28.8 Å². The van der Waals surface area contributed by atoms with Crippen molar-refractivity contribution in [3.05, 3.63) is 12.2 Å². The minimum atomic E-state index is -0.851. The van der Waals surface area contributed by atoms with Gasteiger partial charge in [-0.05, 0) is 0 Å². The Labute approximate surface area is 107 Å². The van der Waals surface area contributed by atoms with Crippen molar-refractivity contribution in [2.24, 2.45) is 0 Å². The number of nitrogens with zero attached hydrogens (tertiary/aromatic N) is 2. The molecule has 0 N–H and O–H groups in total. The van der Waals surface area contributed by atoms with E-state index in [1.807, 2.05) is 0 Å². The third kappa shape index (κ3) is 2.67. The van der Waals surface area contributed by atoms with E-state index in [0.717, 1.165) is 17.1 Å². The van der Waals surface area contributed by atoms with Crippen LogP contribution in [0.4, 0.5) is 0 Å². The Kier molecular flexibility index (Phi) is 3.41. The van der Waals surface area contributed by atoms with Crippen LogP contribution in [0.15, 0.2) is 12.2 Å². The van der Waals surface area contributed by atoms with Crippen LogP contribution in [0.3, 0.4) is 0 Å². The summed E-state index contributed by atoms with van der Waals surface area (Å²) in [7, 11) is 0. The lowest BCUT2D eigenvalue weighted by molar-refractivity contribution is -0.197. The van der Waals surface area contributed by atoms with Crippen molar-refractivity contribution >= 4 is 29.6 Å². The molecule has 0 bridgehead atoms. The number of carbonyl (C=O) groups excluding carboxylic acids is 5. The molecule has 0 aromatic carbocycles. The van der Waals surface area contributed by atoms with Gasteiger partial charge in [-0.1, -0.05) is 0 Å². The fourth-order valence-electron chi connectivity index (χ4n) is 1.66. The lowest BCUT2D eigenvalue weighted by Crippen LogP contribution is -2.35. The average molecular weight is 270 g/mol. The molecule has 0 aromatic heterocycles. The van der Waals surface area contributed by atoms with Gasteiger partial charge >= 0.3 is 5.97 Å². The van der Waals surface area contributed by atoms with E-state index >= 15 is 0 Å². The number of rotatable bonds is 4. The SMILES string of the molecule is O=C(CCN1[14C](=O)C=C[14C]1=O)ON1C(=O)CCC1=O. The fourth-order valence-corrected chi connectivity index (χ4v) is 1.66. The second-order valence-electron chi connectivity index (χ2n) is 3.96. The standard InChI is InChI=1S/C11H10N2O6/c14-7-1-2-8(15)12(7)6-5-11(18)19-13-9(16)3-4-10(13)17/h1-2H,3-6H2/i7+2,8+2. The number of imide groups is 2. The summed E-state index contributed by atoms with van der Waals surface area (Å²) >= 11 is 0. The van der Waals surface area contributed by atoms with Gasteiger partial charge in [0, 0.05) is 31.5 Å². The highest BCUT2D eigenvalue weighted by Crippen LogP contribution is 2.13. The average Bonchev–Trinajstić information content (AvgIpc) is 2.84. The molecular weight excluding hydrogens is 260 g/mol. The van der Waals surface area contributed by atoms with Crippen LogP contribution < -0.4 is 0 Å². The van der Waals surface area contributed by atoms with E-state index < -0.39 is 29.6 Å². The van der Waals surface area contributed by atoms with Crippen LogP contribution in [0.5, 0.6) is 0 Å². The summed E-state index contributed by atoms with van der Waals surface area (Å²) in [5.41, 5.74) is 0. The van der Waals surface area contributed by atoms with Gasteiger partial charge in [-0.2, -0.15) is 0 Å². The van der Waals surface area contributed by atoms with Crippen LogP contribution in [-0.2, 0) is 28.8 Å². The second-order valence-corrected chi connectivity index (χ2v) is 3.96. The largest absolute Gasteiger partial charge is 0.335 e. The summed E-state index contributed by atoms with van der Waals surface area (Å²) < 4.78 is 0. The van der Waals surface area contributed by atoms with E-state index in [1.54, 1.807) is 0 Å². The number of carbonyl (C=O) groups is 5. The summed E-state index contributed by atoms with van der Waals surface area (Å²) in [6, 6.07) is 0. The first-order chi connectivity index (χ1) is 8.99.